The predicted octanol–water partition coefficient (Wildman–Crippen LogP) is 4.04. The van der Waals surface area contributed by atoms with Gasteiger partial charge in [0.15, 0.2) is 0 Å². The molecule has 2 aromatic rings. The van der Waals surface area contributed by atoms with Gasteiger partial charge in [-0.15, -0.1) is 0 Å². The van der Waals surface area contributed by atoms with Gasteiger partial charge in [0.1, 0.15) is 5.01 Å². The van der Waals surface area contributed by atoms with Crippen LogP contribution >= 0.6 is 22.9 Å². The summed E-state index contributed by atoms with van der Waals surface area (Å²) < 4.78 is 1.88. The molecule has 0 saturated heterocycles. The predicted molar refractivity (Wildman–Crippen MR) is 84.0 cm³/mol. The Morgan fingerprint density at radius 2 is 2.10 bits per heavy atom. The zero-order chi connectivity index (χ0) is 13.9. The second-order valence-corrected chi connectivity index (χ2v) is 6.64. The lowest BCUT2D eigenvalue weighted by atomic mass is 9.96. The van der Waals surface area contributed by atoms with E-state index < -0.39 is 0 Å². The highest BCUT2D eigenvalue weighted by molar-refractivity contribution is 7.12. The van der Waals surface area contributed by atoms with Crippen LogP contribution in [0.4, 0.5) is 0 Å². The number of benzene rings is 1. The molecule has 1 saturated carbocycles. The van der Waals surface area contributed by atoms with Crippen molar-refractivity contribution >= 4 is 22.9 Å². The van der Waals surface area contributed by atoms with Crippen LogP contribution in [0.1, 0.15) is 32.1 Å². The van der Waals surface area contributed by atoms with E-state index in [9.17, 15) is 0 Å². The zero-order valence-electron chi connectivity index (χ0n) is 11.6. The van der Waals surface area contributed by atoms with E-state index in [-0.39, 0.29) is 0 Å². The minimum Gasteiger partial charge on any atom is -0.254 e. The van der Waals surface area contributed by atoms with Crippen molar-refractivity contribution in [2.75, 3.05) is 0 Å². The van der Waals surface area contributed by atoms with Gasteiger partial charge in [-0.3, -0.25) is 4.99 Å². The van der Waals surface area contributed by atoms with Crippen molar-refractivity contribution < 1.29 is 0 Å². The molecule has 1 aliphatic rings. The van der Waals surface area contributed by atoms with Gasteiger partial charge < -0.3 is 0 Å². The van der Waals surface area contributed by atoms with Crippen LogP contribution in [-0.4, -0.2) is 15.8 Å². The van der Waals surface area contributed by atoms with Crippen molar-refractivity contribution in [2.24, 2.45) is 12.0 Å². The SMILES string of the molecule is Cn1nc(-c2cccc(Cl)c2)sc1=NC1CCCCC1. The van der Waals surface area contributed by atoms with E-state index in [1.807, 2.05) is 36.0 Å². The van der Waals surface area contributed by atoms with Gasteiger partial charge in [0.05, 0.1) is 6.04 Å². The highest BCUT2D eigenvalue weighted by atomic mass is 35.5. The Bertz CT molecular complexity index is 653. The molecule has 3 rings (SSSR count). The molecule has 0 N–H and O–H groups in total. The number of halogens is 1. The molecule has 0 spiro atoms. The maximum atomic E-state index is 6.04. The average Bonchev–Trinajstić information content (AvgIpc) is 2.81. The molecule has 0 unspecified atom stereocenters. The molecule has 0 bridgehead atoms. The van der Waals surface area contributed by atoms with Gasteiger partial charge >= 0.3 is 0 Å². The Morgan fingerprint density at radius 3 is 2.85 bits per heavy atom. The quantitative estimate of drug-likeness (QED) is 0.823. The van der Waals surface area contributed by atoms with E-state index in [2.05, 4.69) is 5.10 Å². The van der Waals surface area contributed by atoms with Gasteiger partial charge in [-0.25, -0.2) is 4.68 Å². The molecule has 1 aromatic heterocycles. The van der Waals surface area contributed by atoms with Gasteiger partial charge in [-0.1, -0.05) is 54.3 Å². The smallest absolute Gasteiger partial charge is 0.203 e. The van der Waals surface area contributed by atoms with Crippen LogP contribution in [0.15, 0.2) is 29.3 Å². The summed E-state index contributed by atoms with van der Waals surface area (Å²) in [6, 6.07) is 8.30. The Balaban J connectivity index is 1.92. The molecule has 1 aliphatic carbocycles. The maximum absolute atomic E-state index is 6.04. The third-order valence-corrected chi connectivity index (χ3v) is 4.94. The number of aromatic nitrogens is 2. The summed E-state index contributed by atoms with van der Waals surface area (Å²) in [6.07, 6.45) is 6.39. The summed E-state index contributed by atoms with van der Waals surface area (Å²) in [7, 11) is 1.96. The first-order chi connectivity index (χ1) is 9.72. The van der Waals surface area contributed by atoms with Crippen molar-refractivity contribution in [3.05, 3.63) is 34.1 Å². The van der Waals surface area contributed by atoms with Crippen LogP contribution in [0.25, 0.3) is 10.6 Å². The molecule has 0 aliphatic heterocycles. The Labute approximate surface area is 127 Å². The fraction of sp³-hybridized carbons (Fsp3) is 0.467. The van der Waals surface area contributed by atoms with E-state index >= 15 is 0 Å². The van der Waals surface area contributed by atoms with Crippen molar-refractivity contribution in [1.82, 2.24) is 9.78 Å². The Kier molecular flexibility index (Phi) is 4.22. The van der Waals surface area contributed by atoms with E-state index in [0.29, 0.717) is 6.04 Å². The van der Waals surface area contributed by atoms with Crippen LogP contribution in [0.3, 0.4) is 0 Å². The largest absolute Gasteiger partial charge is 0.254 e. The molecule has 0 radical (unpaired) electrons. The van der Waals surface area contributed by atoms with Gasteiger partial charge in [-0.05, 0) is 25.0 Å². The number of hydrogen-bond donors (Lipinski definition) is 0. The maximum Gasteiger partial charge on any atom is 0.203 e. The normalized spacial score (nSPS) is 17.6. The molecular weight excluding hydrogens is 290 g/mol. The lowest BCUT2D eigenvalue weighted by molar-refractivity contribution is 0.434. The molecular formula is C15H18ClN3S. The highest BCUT2D eigenvalue weighted by Crippen LogP contribution is 2.23. The summed E-state index contributed by atoms with van der Waals surface area (Å²) in [5.41, 5.74) is 1.06. The molecule has 20 heavy (non-hydrogen) atoms. The Morgan fingerprint density at radius 1 is 1.30 bits per heavy atom. The van der Waals surface area contributed by atoms with Crippen molar-refractivity contribution in [3.63, 3.8) is 0 Å². The number of hydrogen-bond acceptors (Lipinski definition) is 3. The Hall–Kier alpha value is -1.13. The molecule has 1 aromatic carbocycles. The first-order valence-electron chi connectivity index (χ1n) is 7.06. The summed E-state index contributed by atoms with van der Waals surface area (Å²) in [4.78, 5) is 5.88. The molecule has 5 heteroatoms. The summed E-state index contributed by atoms with van der Waals surface area (Å²) >= 11 is 7.69. The van der Waals surface area contributed by atoms with Gasteiger partial charge in [0, 0.05) is 17.6 Å². The first-order valence-corrected chi connectivity index (χ1v) is 8.26. The molecule has 1 heterocycles. The fourth-order valence-electron chi connectivity index (χ4n) is 2.57. The summed E-state index contributed by atoms with van der Waals surface area (Å²) in [5, 5.41) is 6.29. The first kappa shape index (κ1) is 13.8. The minimum absolute atomic E-state index is 0.475. The topological polar surface area (TPSA) is 30.2 Å². The second kappa shape index (κ2) is 6.10. The lowest BCUT2D eigenvalue weighted by Crippen LogP contribution is -2.18. The highest BCUT2D eigenvalue weighted by Gasteiger charge is 2.13. The number of aryl methyl sites for hydroxylation is 1. The van der Waals surface area contributed by atoms with Crippen LogP contribution in [-0.2, 0) is 7.05 Å². The monoisotopic (exact) mass is 307 g/mol. The third-order valence-electron chi connectivity index (χ3n) is 3.64. The zero-order valence-corrected chi connectivity index (χ0v) is 13.1. The average molecular weight is 308 g/mol. The van der Waals surface area contributed by atoms with E-state index in [4.69, 9.17) is 16.6 Å². The van der Waals surface area contributed by atoms with Gasteiger partial charge in [0.25, 0.3) is 0 Å². The molecule has 3 nitrogen and oxygen atoms in total. The molecule has 1 fully saturated rings. The van der Waals surface area contributed by atoms with Crippen molar-refractivity contribution in [1.29, 1.82) is 0 Å². The minimum atomic E-state index is 0.475. The fourth-order valence-corrected chi connectivity index (χ4v) is 3.71. The second-order valence-electron chi connectivity index (χ2n) is 5.24. The van der Waals surface area contributed by atoms with Crippen LogP contribution in [0.2, 0.25) is 5.02 Å². The molecule has 106 valence electrons. The number of nitrogens with zero attached hydrogens (tertiary/aromatic N) is 3. The van der Waals surface area contributed by atoms with E-state index in [1.54, 1.807) is 11.3 Å². The van der Waals surface area contributed by atoms with E-state index in [0.717, 1.165) is 20.4 Å². The van der Waals surface area contributed by atoms with Crippen LogP contribution < -0.4 is 4.80 Å². The van der Waals surface area contributed by atoms with Crippen molar-refractivity contribution in [3.8, 4) is 10.6 Å². The molecule has 0 amide bonds. The summed E-state index contributed by atoms with van der Waals surface area (Å²) in [5.74, 6) is 0. The number of rotatable bonds is 2. The van der Waals surface area contributed by atoms with Gasteiger partial charge in [-0.2, -0.15) is 5.10 Å². The molecule has 0 atom stereocenters. The summed E-state index contributed by atoms with van der Waals surface area (Å²) in [6.45, 7) is 0. The van der Waals surface area contributed by atoms with Gasteiger partial charge in [0.2, 0.25) is 4.80 Å². The standard InChI is InChI=1S/C15H18ClN3S/c1-19-15(17-13-8-3-2-4-9-13)20-14(18-19)11-6-5-7-12(16)10-11/h5-7,10,13H,2-4,8-9H2,1H3. The van der Waals surface area contributed by atoms with Crippen LogP contribution in [0, 0.1) is 0 Å². The third kappa shape index (κ3) is 3.13. The van der Waals surface area contributed by atoms with Crippen molar-refractivity contribution in [2.45, 2.75) is 38.1 Å². The van der Waals surface area contributed by atoms with Crippen LogP contribution in [0.5, 0.6) is 0 Å². The van der Waals surface area contributed by atoms with E-state index in [1.165, 1.54) is 32.1 Å². The lowest BCUT2D eigenvalue weighted by Gasteiger charge is -2.16.